The molecule has 0 N–H and O–H groups in total. The maximum Gasteiger partial charge on any atom is 0.255 e. The van der Waals surface area contributed by atoms with E-state index in [2.05, 4.69) is 30.2 Å². The fourth-order valence-electron chi connectivity index (χ4n) is 3.14. The van der Waals surface area contributed by atoms with Crippen molar-refractivity contribution in [1.82, 2.24) is 14.3 Å². The van der Waals surface area contributed by atoms with Gasteiger partial charge in [-0.05, 0) is 45.8 Å². The number of aromatic nitrogens is 2. The van der Waals surface area contributed by atoms with E-state index >= 15 is 0 Å². The standard InChI is InChI=1S/C20H18BrFN4OS/c21-17-4-2-1-3-16(17)19(27)25-9-11-26(12-10-25)20-23-18(24-28-20)13-14-5-7-15(22)8-6-14/h1-8H,9-13H2. The number of benzene rings is 2. The molecule has 1 aromatic heterocycles. The van der Waals surface area contributed by atoms with Crippen molar-refractivity contribution in [2.45, 2.75) is 6.42 Å². The summed E-state index contributed by atoms with van der Waals surface area (Å²) in [7, 11) is 0. The molecule has 1 fully saturated rings. The third-order valence-electron chi connectivity index (χ3n) is 4.67. The van der Waals surface area contributed by atoms with Gasteiger partial charge in [-0.3, -0.25) is 4.79 Å². The SMILES string of the molecule is O=C(c1ccccc1Br)N1CCN(c2nc(Cc3ccc(F)cc3)ns2)CC1. The van der Waals surface area contributed by atoms with E-state index in [-0.39, 0.29) is 11.7 Å². The third-order valence-corrected chi connectivity index (χ3v) is 6.18. The molecule has 5 nitrogen and oxygen atoms in total. The summed E-state index contributed by atoms with van der Waals surface area (Å²) in [4.78, 5) is 21.4. The van der Waals surface area contributed by atoms with E-state index in [4.69, 9.17) is 0 Å². The molecule has 1 aliphatic heterocycles. The highest BCUT2D eigenvalue weighted by Crippen LogP contribution is 2.23. The summed E-state index contributed by atoms with van der Waals surface area (Å²) in [6, 6.07) is 13.9. The second-order valence-electron chi connectivity index (χ2n) is 6.56. The monoisotopic (exact) mass is 460 g/mol. The van der Waals surface area contributed by atoms with E-state index in [0.29, 0.717) is 25.1 Å². The van der Waals surface area contributed by atoms with E-state index < -0.39 is 0 Å². The van der Waals surface area contributed by atoms with Gasteiger partial charge in [0.1, 0.15) is 11.6 Å². The Morgan fingerprint density at radius 3 is 2.50 bits per heavy atom. The smallest absolute Gasteiger partial charge is 0.255 e. The number of carbonyl (C=O) groups is 1. The molecule has 0 radical (unpaired) electrons. The van der Waals surface area contributed by atoms with Gasteiger partial charge in [0.25, 0.3) is 5.91 Å². The normalized spacial score (nSPS) is 14.4. The molecular weight excluding hydrogens is 443 g/mol. The quantitative estimate of drug-likeness (QED) is 0.590. The van der Waals surface area contributed by atoms with Crippen LogP contribution in [0.1, 0.15) is 21.7 Å². The largest absolute Gasteiger partial charge is 0.343 e. The van der Waals surface area contributed by atoms with Gasteiger partial charge in [-0.1, -0.05) is 24.3 Å². The highest BCUT2D eigenvalue weighted by Gasteiger charge is 2.25. The van der Waals surface area contributed by atoms with Gasteiger partial charge < -0.3 is 9.80 Å². The first-order chi connectivity index (χ1) is 13.6. The lowest BCUT2D eigenvalue weighted by Gasteiger charge is -2.34. The van der Waals surface area contributed by atoms with Gasteiger partial charge in [-0.15, -0.1) is 0 Å². The van der Waals surface area contributed by atoms with Crippen LogP contribution in [0.5, 0.6) is 0 Å². The van der Waals surface area contributed by atoms with E-state index in [1.807, 2.05) is 29.2 Å². The molecule has 0 bridgehead atoms. The highest BCUT2D eigenvalue weighted by molar-refractivity contribution is 9.10. The molecule has 4 rings (SSSR count). The Morgan fingerprint density at radius 2 is 1.79 bits per heavy atom. The minimum atomic E-state index is -0.245. The topological polar surface area (TPSA) is 49.3 Å². The fourth-order valence-corrected chi connectivity index (χ4v) is 4.33. The van der Waals surface area contributed by atoms with Crippen molar-refractivity contribution in [3.05, 3.63) is 75.8 Å². The Balaban J connectivity index is 1.36. The lowest BCUT2D eigenvalue weighted by Crippen LogP contribution is -2.48. The molecule has 2 heterocycles. The number of halogens is 2. The number of rotatable bonds is 4. The van der Waals surface area contributed by atoms with Crippen molar-refractivity contribution >= 4 is 38.5 Å². The molecule has 1 amide bonds. The second-order valence-corrected chi connectivity index (χ2v) is 8.14. The van der Waals surface area contributed by atoms with Crippen LogP contribution in [0.2, 0.25) is 0 Å². The lowest BCUT2D eigenvalue weighted by atomic mass is 10.1. The summed E-state index contributed by atoms with van der Waals surface area (Å²) in [5.74, 6) is 0.533. The Kier molecular flexibility index (Phi) is 5.68. The van der Waals surface area contributed by atoms with Crippen molar-refractivity contribution in [3.8, 4) is 0 Å². The molecule has 1 saturated heterocycles. The minimum absolute atomic E-state index is 0.0430. The first kappa shape index (κ1) is 19.0. The number of amides is 1. The summed E-state index contributed by atoms with van der Waals surface area (Å²) in [6.07, 6.45) is 0.581. The Bertz CT molecular complexity index is 970. The molecule has 28 heavy (non-hydrogen) atoms. The zero-order valence-electron chi connectivity index (χ0n) is 15.0. The van der Waals surface area contributed by atoms with Crippen LogP contribution in [0.25, 0.3) is 0 Å². The van der Waals surface area contributed by atoms with Crippen LogP contribution >= 0.6 is 27.5 Å². The number of hydrogen-bond acceptors (Lipinski definition) is 5. The predicted octanol–water partition coefficient (Wildman–Crippen LogP) is 3.99. The van der Waals surface area contributed by atoms with E-state index in [1.54, 1.807) is 12.1 Å². The summed E-state index contributed by atoms with van der Waals surface area (Å²) < 4.78 is 18.3. The van der Waals surface area contributed by atoms with Gasteiger partial charge in [-0.25, -0.2) is 9.37 Å². The van der Waals surface area contributed by atoms with Gasteiger partial charge in [0.05, 0.1) is 5.56 Å². The van der Waals surface area contributed by atoms with Crippen LogP contribution in [-0.4, -0.2) is 46.3 Å². The molecular formula is C20H18BrFN4OS. The van der Waals surface area contributed by atoms with E-state index in [1.165, 1.54) is 23.7 Å². The molecule has 0 spiro atoms. The molecule has 0 unspecified atom stereocenters. The number of hydrogen-bond donors (Lipinski definition) is 0. The van der Waals surface area contributed by atoms with Crippen LogP contribution in [-0.2, 0) is 6.42 Å². The van der Waals surface area contributed by atoms with Crippen molar-refractivity contribution in [2.24, 2.45) is 0 Å². The molecule has 1 aliphatic rings. The second kappa shape index (κ2) is 8.36. The summed E-state index contributed by atoms with van der Waals surface area (Å²) in [5.41, 5.74) is 1.67. The first-order valence-corrected chi connectivity index (χ1v) is 10.5. The van der Waals surface area contributed by atoms with E-state index in [9.17, 15) is 9.18 Å². The highest BCUT2D eigenvalue weighted by atomic mass is 79.9. The zero-order valence-corrected chi connectivity index (χ0v) is 17.4. The van der Waals surface area contributed by atoms with Gasteiger partial charge >= 0.3 is 0 Å². The van der Waals surface area contributed by atoms with E-state index in [0.717, 1.165) is 34.1 Å². The summed E-state index contributed by atoms with van der Waals surface area (Å²) in [5, 5.41) is 0.866. The number of carbonyl (C=O) groups excluding carboxylic acids is 1. The molecule has 0 saturated carbocycles. The van der Waals surface area contributed by atoms with Gasteiger partial charge in [0.2, 0.25) is 5.13 Å². The molecule has 0 atom stereocenters. The van der Waals surface area contributed by atoms with Crippen LogP contribution < -0.4 is 4.90 Å². The minimum Gasteiger partial charge on any atom is -0.343 e. The van der Waals surface area contributed by atoms with Gasteiger partial charge in [0.15, 0.2) is 0 Å². The number of nitrogens with zero attached hydrogens (tertiary/aromatic N) is 4. The van der Waals surface area contributed by atoms with Crippen molar-refractivity contribution < 1.29 is 9.18 Å². The predicted molar refractivity (Wildman–Crippen MR) is 111 cm³/mol. The average molecular weight is 461 g/mol. The number of piperazine rings is 1. The molecule has 2 aromatic carbocycles. The molecule has 3 aromatic rings. The number of anilines is 1. The Labute approximate surface area is 175 Å². The van der Waals surface area contributed by atoms with Crippen LogP contribution in [0.3, 0.4) is 0 Å². The maximum absolute atomic E-state index is 13.0. The maximum atomic E-state index is 13.0. The van der Waals surface area contributed by atoms with Crippen molar-refractivity contribution in [1.29, 1.82) is 0 Å². The third kappa shape index (κ3) is 4.23. The average Bonchev–Trinajstić information content (AvgIpc) is 3.18. The molecule has 144 valence electrons. The van der Waals surface area contributed by atoms with Gasteiger partial charge in [0, 0.05) is 48.6 Å². The fraction of sp³-hybridized carbons (Fsp3) is 0.250. The van der Waals surface area contributed by atoms with Crippen LogP contribution in [0.15, 0.2) is 53.0 Å². The molecule has 0 aliphatic carbocycles. The zero-order chi connectivity index (χ0) is 19.5. The van der Waals surface area contributed by atoms with Crippen LogP contribution in [0, 0.1) is 5.82 Å². The molecule has 8 heteroatoms. The van der Waals surface area contributed by atoms with Gasteiger partial charge in [-0.2, -0.15) is 4.37 Å². The summed E-state index contributed by atoms with van der Waals surface area (Å²) in [6.45, 7) is 2.74. The lowest BCUT2D eigenvalue weighted by molar-refractivity contribution is 0.0746. The van der Waals surface area contributed by atoms with Crippen molar-refractivity contribution in [2.75, 3.05) is 31.1 Å². The Hall–Kier alpha value is -2.32. The Morgan fingerprint density at radius 1 is 1.07 bits per heavy atom. The van der Waals surface area contributed by atoms with Crippen LogP contribution in [0.4, 0.5) is 9.52 Å². The first-order valence-electron chi connectivity index (χ1n) is 8.96. The van der Waals surface area contributed by atoms with Crippen molar-refractivity contribution in [3.63, 3.8) is 0 Å². The summed E-state index contributed by atoms with van der Waals surface area (Å²) >= 11 is 4.82.